The quantitative estimate of drug-likeness (QED) is 0.782. The van der Waals surface area contributed by atoms with E-state index in [0.29, 0.717) is 6.42 Å². The lowest BCUT2D eigenvalue weighted by atomic mass is 10.2. The second kappa shape index (κ2) is 7.31. The molecule has 1 aliphatic heterocycles. The van der Waals surface area contributed by atoms with E-state index in [0.717, 1.165) is 22.5 Å². The summed E-state index contributed by atoms with van der Waals surface area (Å²) < 4.78 is 58.7. The lowest BCUT2D eigenvalue weighted by Gasteiger charge is -2.17. The zero-order valence-electron chi connectivity index (χ0n) is 13.5. The second-order valence-electron chi connectivity index (χ2n) is 5.70. The first-order chi connectivity index (χ1) is 12.4. The average molecular weight is 380 g/mol. The molecule has 26 heavy (non-hydrogen) atoms. The molecule has 2 heterocycles. The third-order valence-electron chi connectivity index (χ3n) is 3.90. The first kappa shape index (κ1) is 18.2. The largest absolute Gasteiger partial charge is 0.471 e. The molecule has 10 heteroatoms. The molecule has 0 aliphatic carbocycles. The van der Waals surface area contributed by atoms with Gasteiger partial charge in [0.05, 0.1) is 12.3 Å². The lowest BCUT2D eigenvalue weighted by Crippen LogP contribution is -2.32. The number of hydrogen-bond acceptors (Lipinski definition) is 6. The molecule has 0 amide bonds. The monoisotopic (exact) mass is 380 g/mol. The van der Waals surface area contributed by atoms with Crippen molar-refractivity contribution in [1.29, 1.82) is 5.26 Å². The van der Waals surface area contributed by atoms with Crippen molar-refractivity contribution in [2.75, 3.05) is 13.1 Å². The predicted octanol–water partition coefficient (Wildman–Crippen LogP) is 1.61. The summed E-state index contributed by atoms with van der Waals surface area (Å²) in [5.41, 5.74) is -0.217. The Balaban J connectivity index is 1.69. The van der Waals surface area contributed by atoms with Crippen molar-refractivity contribution in [2.45, 2.75) is 18.3 Å². The zero-order chi connectivity index (χ0) is 18.7. The van der Waals surface area contributed by atoms with Gasteiger partial charge in [-0.1, -0.05) is 0 Å². The van der Waals surface area contributed by atoms with Gasteiger partial charge in [-0.15, -0.1) is 0 Å². The highest BCUT2D eigenvalue weighted by Gasteiger charge is 2.33. The van der Waals surface area contributed by atoms with E-state index in [4.69, 9.17) is 10.00 Å². The Morgan fingerprint density at radius 1 is 1.31 bits per heavy atom. The van der Waals surface area contributed by atoms with Crippen LogP contribution in [0.5, 0.6) is 5.88 Å². The molecule has 0 radical (unpaired) electrons. The minimum Gasteiger partial charge on any atom is -0.471 e. The molecule has 1 aromatic carbocycles. The molecule has 136 valence electrons. The van der Waals surface area contributed by atoms with Crippen molar-refractivity contribution in [3.05, 3.63) is 53.5 Å². The van der Waals surface area contributed by atoms with E-state index >= 15 is 0 Å². The number of aromatic nitrogens is 2. The van der Waals surface area contributed by atoms with Crippen molar-refractivity contribution in [2.24, 2.45) is 0 Å². The smallest absolute Gasteiger partial charge is 0.251 e. The zero-order valence-corrected chi connectivity index (χ0v) is 14.3. The Bertz CT molecular complexity index is 962. The van der Waals surface area contributed by atoms with Crippen LogP contribution in [-0.4, -0.2) is 41.9 Å². The van der Waals surface area contributed by atoms with E-state index in [-0.39, 0.29) is 30.2 Å². The van der Waals surface area contributed by atoms with Crippen LogP contribution >= 0.6 is 0 Å². The number of nitrogens with zero attached hydrogens (tertiary/aromatic N) is 4. The number of nitriles is 1. The Kier molecular flexibility index (Phi) is 5.11. The van der Waals surface area contributed by atoms with Gasteiger partial charge < -0.3 is 4.74 Å². The topological polar surface area (TPSA) is 96.2 Å². The molecule has 1 saturated heterocycles. The number of benzene rings is 1. The Morgan fingerprint density at radius 2 is 2.08 bits per heavy atom. The maximum Gasteiger partial charge on any atom is 0.251 e. The SMILES string of the molecule is N#Cc1nccnc1OC1CCN(S(=O)(=O)Cc2cc(F)ccc2F)C1. The lowest BCUT2D eigenvalue weighted by molar-refractivity contribution is 0.205. The Hall–Kier alpha value is -2.64. The number of hydrogen-bond donors (Lipinski definition) is 0. The van der Waals surface area contributed by atoms with E-state index < -0.39 is 33.5 Å². The summed E-state index contributed by atoms with van der Waals surface area (Å²) in [5, 5.41) is 8.98. The van der Waals surface area contributed by atoms with Crippen molar-refractivity contribution >= 4 is 10.0 Å². The van der Waals surface area contributed by atoms with Gasteiger partial charge in [0, 0.05) is 24.5 Å². The van der Waals surface area contributed by atoms with Gasteiger partial charge in [-0.25, -0.2) is 27.2 Å². The fourth-order valence-corrected chi connectivity index (χ4v) is 4.21. The maximum atomic E-state index is 13.7. The molecule has 7 nitrogen and oxygen atoms in total. The minimum atomic E-state index is -3.85. The van der Waals surface area contributed by atoms with E-state index in [1.165, 1.54) is 12.4 Å². The van der Waals surface area contributed by atoms with E-state index in [1.54, 1.807) is 0 Å². The molecule has 0 saturated carbocycles. The second-order valence-corrected chi connectivity index (χ2v) is 7.67. The summed E-state index contributed by atoms with van der Waals surface area (Å²) >= 11 is 0. The molecule has 0 bridgehead atoms. The van der Waals surface area contributed by atoms with Gasteiger partial charge in [-0.3, -0.25) is 0 Å². The first-order valence-corrected chi connectivity index (χ1v) is 9.29. The average Bonchev–Trinajstić information content (AvgIpc) is 3.08. The van der Waals surface area contributed by atoms with Crippen LogP contribution in [0.25, 0.3) is 0 Å². The molecule has 0 N–H and O–H groups in total. The fourth-order valence-electron chi connectivity index (χ4n) is 2.63. The van der Waals surface area contributed by atoms with E-state index in [9.17, 15) is 17.2 Å². The summed E-state index contributed by atoms with van der Waals surface area (Å²) in [4.78, 5) is 7.75. The predicted molar refractivity (Wildman–Crippen MR) is 86.3 cm³/mol. The van der Waals surface area contributed by atoms with Gasteiger partial charge in [-0.05, 0) is 24.6 Å². The molecule has 1 fully saturated rings. The molecule has 1 unspecified atom stereocenters. The third-order valence-corrected chi connectivity index (χ3v) is 5.69. The van der Waals surface area contributed by atoms with Crippen LogP contribution in [-0.2, 0) is 15.8 Å². The van der Waals surface area contributed by atoms with Gasteiger partial charge in [0.2, 0.25) is 15.7 Å². The first-order valence-electron chi connectivity index (χ1n) is 7.68. The molecule has 1 aliphatic rings. The van der Waals surface area contributed by atoms with Crippen molar-refractivity contribution in [3.63, 3.8) is 0 Å². The molecule has 0 spiro atoms. The minimum absolute atomic E-state index is 0.00985. The highest BCUT2D eigenvalue weighted by molar-refractivity contribution is 7.88. The molecule has 2 aromatic rings. The molecule has 1 atom stereocenters. The highest BCUT2D eigenvalue weighted by atomic mass is 32.2. The van der Waals surface area contributed by atoms with Crippen LogP contribution in [0.1, 0.15) is 17.7 Å². The number of halogens is 2. The van der Waals surface area contributed by atoms with Gasteiger partial charge >= 0.3 is 0 Å². The highest BCUT2D eigenvalue weighted by Crippen LogP contribution is 2.23. The standard InChI is InChI=1S/C16H14F2N4O3S/c17-12-1-2-14(18)11(7-12)10-26(23,24)22-6-3-13(9-22)25-16-15(8-19)20-4-5-21-16/h1-2,4-5,7,13H,3,6,9-10H2. The van der Waals surface area contributed by atoms with Gasteiger partial charge in [-0.2, -0.15) is 9.57 Å². The number of ether oxygens (including phenoxy) is 1. The molecular formula is C16H14F2N4O3S. The van der Waals surface area contributed by atoms with Crippen LogP contribution < -0.4 is 4.74 Å². The fraction of sp³-hybridized carbons (Fsp3) is 0.312. The summed E-state index contributed by atoms with van der Waals surface area (Å²) in [5.74, 6) is -2.08. The Labute approximate surface area is 148 Å². The van der Waals surface area contributed by atoms with Crippen LogP contribution in [0.15, 0.2) is 30.6 Å². The van der Waals surface area contributed by atoms with E-state index in [1.807, 2.05) is 6.07 Å². The van der Waals surface area contributed by atoms with Gasteiger partial charge in [0.15, 0.2) is 0 Å². The molecule has 1 aromatic heterocycles. The van der Waals surface area contributed by atoms with Crippen molar-refractivity contribution in [1.82, 2.24) is 14.3 Å². The van der Waals surface area contributed by atoms with Gasteiger partial charge in [0.25, 0.3) is 5.88 Å². The van der Waals surface area contributed by atoms with Crippen LogP contribution in [0.3, 0.4) is 0 Å². The van der Waals surface area contributed by atoms with Crippen molar-refractivity contribution < 1.29 is 21.9 Å². The Morgan fingerprint density at radius 3 is 2.85 bits per heavy atom. The van der Waals surface area contributed by atoms with Crippen LogP contribution in [0.4, 0.5) is 8.78 Å². The van der Waals surface area contributed by atoms with Crippen molar-refractivity contribution in [3.8, 4) is 11.9 Å². The third kappa shape index (κ3) is 3.95. The van der Waals surface area contributed by atoms with E-state index in [2.05, 4.69) is 9.97 Å². The van der Waals surface area contributed by atoms with Crippen LogP contribution in [0.2, 0.25) is 0 Å². The normalized spacial score (nSPS) is 17.8. The van der Waals surface area contributed by atoms with Crippen LogP contribution in [0, 0.1) is 23.0 Å². The number of rotatable bonds is 5. The number of sulfonamides is 1. The summed E-state index contributed by atoms with van der Waals surface area (Å²) in [7, 11) is -3.85. The molecular weight excluding hydrogens is 366 g/mol. The summed E-state index contributed by atoms with van der Waals surface area (Å²) in [6.45, 7) is 0.201. The summed E-state index contributed by atoms with van der Waals surface area (Å²) in [6.07, 6.45) is 2.59. The maximum absolute atomic E-state index is 13.7. The summed E-state index contributed by atoms with van der Waals surface area (Å²) in [6, 6.07) is 4.54. The van der Waals surface area contributed by atoms with Gasteiger partial charge in [0.1, 0.15) is 23.8 Å². The molecule has 3 rings (SSSR count).